The van der Waals surface area contributed by atoms with Gasteiger partial charge in [0.25, 0.3) is 5.91 Å². The van der Waals surface area contributed by atoms with Gasteiger partial charge in [-0.3, -0.25) is 25.0 Å². The molecule has 3 N–H and O–H groups in total. The highest BCUT2D eigenvalue weighted by atomic mass is 32.3. The van der Waals surface area contributed by atoms with Gasteiger partial charge in [0.1, 0.15) is 6.04 Å². The lowest BCUT2D eigenvalue weighted by atomic mass is 10.0. The van der Waals surface area contributed by atoms with Gasteiger partial charge in [0.15, 0.2) is 0 Å². The Bertz CT molecular complexity index is 681. The minimum atomic E-state index is -4.83. The van der Waals surface area contributed by atoms with Crippen LogP contribution in [0.25, 0.3) is 0 Å². The molecule has 4 atom stereocenters. The maximum atomic E-state index is 12.2. The number of hydrogen-bond donors (Lipinski definition) is 3. The fraction of sp³-hybridized carbons (Fsp3) is 0.750. The molecule has 1 saturated carbocycles. The SMILES string of the molecule is CC1CC1C(=O)NNC(=O)[C@H]1CC[C@H]2CN1C(=O)N2OS(=O)(=O)O. The van der Waals surface area contributed by atoms with E-state index in [1.807, 2.05) is 6.92 Å². The highest BCUT2D eigenvalue weighted by Crippen LogP contribution is 2.37. The first-order chi connectivity index (χ1) is 11.2. The van der Waals surface area contributed by atoms with Crippen molar-refractivity contribution in [3.05, 3.63) is 0 Å². The molecule has 2 heterocycles. The van der Waals surface area contributed by atoms with Crippen molar-refractivity contribution >= 4 is 28.2 Å². The molecule has 11 nitrogen and oxygen atoms in total. The fourth-order valence-electron chi connectivity index (χ4n) is 3.09. The topological polar surface area (TPSA) is 145 Å². The summed E-state index contributed by atoms with van der Waals surface area (Å²) in [6.45, 7) is 2.03. The van der Waals surface area contributed by atoms with Gasteiger partial charge in [0.05, 0.1) is 6.04 Å². The zero-order valence-electron chi connectivity index (χ0n) is 12.8. The zero-order chi connectivity index (χ0) is 17.6. The van der Waals surface area contributed by atoms with Crippen LogP contribution in [-0.2, 0) is 24.3 Å². The van der Waals surface area contributed by atoms with E-state index in [4.69, 9.17) is 4.55 Å². The lowest BCUT2D eigenvalue weighted by Gasteiger charge is -2.29. The molecule has 134 valence electrons. The van der Waals surface area contributed by atoms with Crippen molar-refractivity contribution < 1.29 is 31.6 Å². The van der Waals surface area contributed by atoms with E-state index in [-0.39, 0.29) is 24.8 Å². The van der Waals surface area contributed by atoms with Crippen LogP contribution in [0.15, 0.2) is 0 Å². The first-order valence-electron chi connectivity index (χ1n) is 7.54. The predicted molar refractivity (Wildman–Crippen MR) is 76.9 cm³/mol. The quantitative estimate of drug-likeness (QED) is 0.420. The lowest BCUT2D eigenvalue weighted by Crippen LogP contribution is -2.54. The van der Waals surface area contributed by atoms with Crippen LogP contribution in [0.4, 0.5) is 4.79 Å². The maximum Gasteiger partial charge on any atom is 0.418 e. The van der Waals surface area contributed by atoms with Crippen LogP contribution < -0.4 is 10.9 Å². The largest absolute Gasteiger partial charge is 0.418 e. The first-order valence-corrected chi connectivity index (χ1v) is 8.90. The molecular formula is C12H18N4O7S. The van der Waals surface area contributed by atoms with Gasteiger partial charge in [-0.15, -0.1) is 4.28 Å². The zero-order valence-corrected chi connectivity index (χ0v) is 13.7. The molecule has 24 heavy (non-hydrogen) atoms. The van der Waals surface area contributed by atoms with Crippen molar-refractivity contribution in [2.24, 2.45) is 11.8 Å². The molecule has 3 aliphatic rings. The van der Waals surface area contributed by atoms with Crippen LogP contribution in [0.2, 0.25) is 0 Å². The van der Waals surface area contributed by atoms with Crippen molar-refractivity contribution in [1.82, 2.24) is 20.8 Å². The van der Waals surface area contributed by atoms with E-state index in [0.29, 0.717) is 17.4 Å². The van der Waals surface area contributed by atoms with Gasteiger partial charge in [0, 0.05) is 12.5 Å². The van der Waals surface area contributed by atoms with Gasteiger partial charge in [-0.05, 0) is 25.2 Å². The van der Waals surface area contributed by atoms with Crippen LogP contribution >= 0.6 is 0 Å². The summed E-state index contributed by atoms with van der Waals surface area (Å²) in [5.41, 5.74) is 4.64. The van der Waals surface area contributed by atoms with Gasteiger partial charge in [-0.2, -0.15) is 13.5 Å². The summed E-state index contributed by atoms with van der Waals surface area (Å²) in [5, 5.41) is 0.563. The Labute approximate surface area is 138 Å². The normalized spacial score (nSPS) is 31.8. The third-order valence-electron chi connectivity index (χ3n) is 4.56. The Morgan fingerprint density at radius 2 is 1.88 bits per heavy atom. The number of nitrogens with one attached hydrogen (secondary N) is 2. The Morgan fingerprint density at radius 1 is 1.25 bits per heavy atom. The van der Waals surface area contributed by atoms with E-state index >= 15 is 0 Å². The molecule has 4 amide bonds. The first kappa shape index (κ1) is 16.9. The van der Waals surface area contributed by atoms with Gasteiger partial charge < -0.3 is 4.90 Å². The number of fused-ring (bicyclic) bond motifs is 2. The second-order valence-electron chi connectivity index (χ2n) is 6.31. The van der Waals surface area contributed by atoms with Crippen LogP contribution in [0.3, 0.4) is 0 Å². The Kier molecular flexibility index (Phi) is 4.13. The minimum absolute atomic E-state index is 0.0973. The fourth-order valence-corrected chi connectivity index (χ4v) is 3.48. The van der Waals surface area contributed by atoms with Crippen molar-refractivity contribution in [3.63, 3.8) is 0 Å². The number of carbonyl (C=O) groups excluding carboxylic acids is 3. The number of piperidine rings is 1. The summed E-state index contributed by atoms with van der Waals surface area (Å²) in [5.74, 6) is -0.637. The number of carbonyl (C=O) groups is 3. The smallest absolute Gasteiger partial charge is 0.309 e. The second-order valence-corrected chi connectivity index (χ2v) is 7.31. The molecule has 2 aliphatic heterocycles. The summed E-state index contributed by atoms with van der Waals surface area (Å²) in [6, 6.07) is -2.23. The number of amides is 4. The van der Waals surface area contributed by atoms with E-state index in [2.05, 4.69) is 15.1 Å². The standard InChI is InChI=1S/C12H18N4O7S/c1-6-4-8(6)10(17)13-14-11(18)9-3-2-7-5-15(9)12(19)16(7)23-24(20,21)22/h6-9H,2-5H2,1H3,(H,13,17)(H,14,18)(H,20,21,22)/t6?,7-,8?,9+/m0/s1. The van der Waals surface area contributed by atoms with E-state index in [1.54, 1.807) is 0 Å². The molecule has 0 radical (unpaired) electrons. The highest BCUT2D eigenvalue weighted by molar-refractivity contribution is 7.80. The Morgan fingerprint density at radius 3 is 2.46 bits per heavy atom. The molecule has 12 heteroatoms. The number of hydrogen-bond acceptors (Lipinski definition) is 6. The average molecular weight is 362 g/mol. The molecule has 0 aromatic carbocycles. The minimum Gasteiger partial charge on any atom is -0.309 e. The third kappa shape index (κ3) is 3.30. The highest BCUT2D eigenvalue weighted by Gasteiger charge is 2.49. The van der Waals surface area contributed by atoms with Gasteiger partial charge >= 0.3 is 16.4 Å². The average Bonchev–Trinajstić information content (AvgIpc) is 3.20. The summed E-state index contributed by atoms with van der Waals surface area (Å²) in [6.07, 6.45) is 1.38. The van der Waals surface area contributed by atoms with Gasteiger partial charge in [0.2, 0.25) is 5.91 Å². The summed E-state index contributed by atoms with van der Waals surface area (Å²) in [4.78, 5) is 37.2. The van der Waals surface area contributed by atoms with Crippen LogP contribution in [0.5, 0.6) is 0 Å². The van der Waals surface area contributed by atoms with Gasteiger partial charge in [-0.25, -0.2) is 4.79 Å². The Hall–Kier alpha value is -1.92. The van der Waals surface area contributed by atoms with E-state index in [9.17, 15) is 22.8 Å². The number of nitrogens with zero attached hydrogens (tertiary/aromatic N) is 2. The number of rotatable bonds is 4. The van der Waals surface area contributed by atoms with E-state index in [0.717, 1.165) is 11.3 Å². The number of hydroxylamine groups is 2. The third-order valence-corrected chi connectivity index (χ3v) is 4.90. The van der Waals surface area contributed by atoms with E-state index < -0.39 is 34.4 Å². The molecule has 0 aromatic rings. The molecule has 0 aromatic heterocycles. The molecule has 1 aliphatic carbocycles. The van der Waals surface area contributed by atoms with Crippen molar-refractivity contribution in [2.75, 3.05) is 6.54 Å². The molecule has 3 fully saturated rings. The molecular weight excluding hydrogens is 344 g/mol. The van der Waals surface area contributed by atoms with Crippen LogP contribution in [-0.4, -0.2) is 59.4 Å². The summed E-state index contributed by atoms with van der Waals surface area (Å²) >= 11 is 0. The predicted octanol–water partition coefficient (Wildman–Crippen LogP) is -1.21. The molecule has 2 saturated heterocycles. The molecule has 2 bridgehead atoms. The van der Waals surface area contributed by atoms with E-state index in [1.165, 1.54) is 0 Å². The van der Waals surface area contributed by atoms with Gasteiger partial charge in [-0.1, -0.05) is 6.92 Å². The van der Waals surface area contributed by atoms with Crippen LogP contribution in [0, 0.1) is 11.8 Å². The monoisotopic (exact) mass is 362 g/mol. The van der Waals surface area contributed by atoms with Crippen LogP contribution in [0.1, 0.15) is 26.2 Å². The maximum absolute atomic E-state index is 12.2. The lowest BCUT2D eigenvalue weighted by molar-refractivity contribution is -0.132. The molecule has 3 rings (SSSR count). The molecule has 2 unspecified atom stereocenters. The van der Waals surface area contributed by atoms with Crippen molar-refractivity contribution in [1.29, 1.82) is 0 Å². The summed E-state index contributed by atoms with van der Waals surface area (Å²) in [7, 11) is -4.83. The summed E-state index contributed by atoms with van der Waals surface area (Å²) < 4.78 is 34.6. The van der Waals surface area contributed by atoms with Crippen molar-refractivity contribution in [3.8, 4) is 0 Å². The number of urea groups is 1. The molecule has 0 spiro atoms. The second kappa shape index (κ2) is 5.86. The van der Waals surface area contributed by atoms with Crippen molar-refractivity contribution in [2.45, 2.75) is 38.3 Å². The Balaban J connectivity index is 1.59. The number of hydrazine groups is 1.